The summed E-state index contributed by atoms with van der Waals surface area (Å²) < 4.78 is 14.8. The molecule has 1 heterocycles. The van der Waals surface area contributed by atoms with Crippen molar-refractivity contribution in [2.75, 3.05) is 11.9 Å². The van der Waals surface area contributed by atoms with Crippen molar-refractivity contribution in [2.24, 2.45) is 0 Å². The highest BCUT2D eigenvalue weighted by Gasteiger charge is 2.16. The van der Waals surface area contributed by atoms with Crippen LogP contribution in [0.5, 0.6) is 11.5 Å². The molecule has 0 saturated carbocycles. The first kappa shape index (κ1) is 26.2. The number of aryl methyl sites for hydroxylation is 2. The van der Waals surface area contributed by atoms with Gasteiger partial charge in [0.05, 0.1) is 10.6 Å². The van der Waals surface area contributed by atoms with E-state index in [0.29, 0.717) is 28.2 Å². The second kappa shape index (κ2) is 12.4. The Morgan fingerprint density at radius 2 is 1.58 bits per heavy atom. The van der Waals surface area contributed by atoms with Crippen LogP contribution in [0.25, 0.3) is 0 Å². The molecule has 186 valence electrons. The smallest absolute Gasteiger partial charge is 0.148 e. The van der Waals surface area contributed by atoms with Crippen molar-refractivity contribution in [1.29, 1.82) is 0 Å². The third kappa shape index (κ3) is 6.86. The number of hydrogen-bond donors (Lipinski definition) is 1. The molecule has 0 bridgehead atoms. The zero-order chi connectivity index (χ0) is 25.5. The molecule has 2 unspecified atom stereocenters. The number of halogens is 2. The molecule has 0 aliphatic heterocycles. The van der Waals surface area contributed by atoms with Crippen LogP contribution in [0, 0.1) is 6.92 Å². The molecule has 5 nitrogen and oxygen atoms in total. The van der Waals surface area contributed by atoms with Crippen LogP contribution in [0.2, 0.25) is 10.0 Å². The lowest BCUT2D eigenvalue weighted by Crippen LogP contribution is -2.15. The van der Waals surface area contributed by atoms with Crippen molar-refractivity contribution >= 4 is 45.2 Å². The van der Waals surface area contributed by atoms with E-state index in [1.165, 1.54) is 11.9 Å². The van der Waals surface area contributed by atoms with E-state index in [9.17, 15) is 0 Å². The molecule has 8 heteroatoms. The van der Waals surface area contributed by atoms with Gasteiger partial charge in [0.1, 0.15) is 39.4 Å². The Morgan fingerprint density at radius 3 is 2.22 bits per heavy atom. The number of benzene rings is 3. The van der Waals surface area contributed by atoms with Crippen LogP contribution in [0.4, 0.5) is 5.82 Å². The van der Waals surface area contributed by atoms with Gasteiger partial charge in [0.25, 0.3) is 0 Å². The summed E-state index contributed by atoms with van der Waals surface area (Å²) in [6, 6.07) is 23.3. The van der Waals surface area contributed by atoms with Crippen molar-refractivity contribution in [1.82, 2.24) is 9.97 Å². The monoisotopic (exact) mass is 540 g/mol. The number of rotatable bonds is 9. The van der Waals surface area contributed by atoms with Crippen LogP contribution < -0.4 is 10.1 Å². The average molecular weight is 542 g/mol. The Balaban J connectivity index is 1.58. The lowest BCUT2D eigenvalue weighted by atomic mass is 10.0. The average Bonchev–Trinajstić information content (AvgIpc) is 2.89. The first-order chi connectivity index (χ1) is 17.4. The zero-order valence-corrected chi connectivity index (χ0v) is 22.4. The second-order valence-electron chi connectivity index (χ2n) is 8.24. The fraction of sp³-hybridized carbons (Fsp3) is 0.179. The predicted octanol–water partition coefficient (Wildman–Crippen LogP) is 7.41. The van der Waals surface area contributed by atoms with Crippen LogP contribution in [0.15, 0.2) is 84.0 Å². The summed E-state index contributed by atoms with van der Waals surface area (Å²) in [7, 11) is -0.805. The first-order valence-corrected chi connectivity index (χ1v) is 13.6. The highest BCUT2D eigenvalue weighted by atomic mass is 35.5. The number of nitrogens with zero attached hydrogens (tertiary/aromatic N) is 2. The van der Waals surface area contributed by atoms with Gasteiger partial charge in [-0.15, -0.1) is 0 Å². The van der Waals surface area contributed by atoms with Gasteiger partial charge in [-0.05, 0) is 67.4 Å². The van der Waals surface area contributed by atoms with Crippen LogP contribution in [-0.4, -0.2) is 26.4 Å². The molecule has 0 spiro atoms. The number of nitrogens with one attached hydrogen (secondary N) is 1. The summed E-state index contributed by atoms with van der Waals surface area (Å²) in [5, 5.41) is 6.63. The van der Waals surface area contributed by atoms with Gasteiger partial charge in [-0.3, -0.25) is 0 Å². The zero-order valence-electron chi connectivity index (χ0n) is 20.0. The predicted molar refractivity (Wildman–Crippen MR) is 152 cm³/mol. The van der Waals surface area contributed by atoms with Gasteiger partial charge in [0.2, 0.25) is 0 Å². The van der Waals surface area contributed by atoms with E-state index in [1.807, 2.05) is 74.5 Å². The van der Waals surface area contributed by atoms with Crippen molar-refractivity contribution in [2.45, 2.75) is 31.1 Å². The maximum Gasteiger partial charge on any atom is 0.148 e. The van der Waals surface area contributed by atoms with Gasteiger partial charge in [-0.1, -0.05) is 60.0 Å². The maximum atomic E-state index is 8.82. The summed E-state index contributed by atoms with van der Waals surface area (Å²) in [4.78, 5) is 9.54. The third-order valence-electron chi connectivity index (χ3n) is 5.62. The second-order valence-corrected chi connectivity index (χ2v) is 10.5. The number of ether oxygens (including phenoxy) is 1. The molecule has 0 aliphatic rings. The van der Waals surface area contributed by atoms with Crippen LogP contribution >= 0.6 is 34.0 Å². The quantitative estimate of drug-likeness (QED) is 0.177. The molecule has 3 N–H and O–H groups in total. The van der Waals surface area contributed by atoms with E-state index in [0.717, 1.165) is 28.3 Å². The van der Waals surface area contributed by atoms with Gasteiger partial charge >= 0.3 is 0 Å². The van der Waals surface area contributed by atoms with Crippen molar-refractivity contribution in [3.63, 3.8) is 0 Å². The normalized spacial score (nSPS) is 12.8. The highest BCUT2D eigenvalue weighted by molar-refractivity contribution is 8.10. The Kier molecular flexibility index (Phi) is 8.99. The summed E-state index contributed by atoms with van der Waals surface area (Å²) >= 11 is 12.5. The van der Waals surface area contributed by atoms with Crippen molar-refractivity contribution in [3.05, 3.63) is 106 Å². The fourth-order valence-electron chi connectivity index (χ4n) is 3.58. The standard InChI is InChI=1S/C28H27Cl2N3O2S/c1-3-26-27(30)28(33-18-32-26)31-16-21(17-36(34)25-14-4-19(2)5-15-25)20-6-10-23(11-7-20)35-24-12-8-22(29)9-13-24/h4-15,17-18,21,34H,3,16H2,1-2H3,(H,31,32,33)/p+1. The number of hydrogen-bond acceptors (Lipinski definition) is 4. The van der Waals surface area contributed by atoms with Gasteiger partial charge in [-0.25, -0.2) is 9.97 Å². The molecule has 2 atom stereocenters. The fourth-order valence-corrected chi connectivity index (χ4v) is 5.17. The minimum Gasteiger partial charge on any atom is -0.457 e. The molecule has 0 radical (unpaired) electrons. The Morgan fingerprint density at radius 1 is 0.944 bits per heavy atom. The highest BCUT2D eigenvalue weighted by Crippen LogP contribution is 2.30. The molecule has 0 amide bonds. The topological polar surface area (TPSA) is 69.9 Å². The number of anilines is 1. The molecular weight excluding hydrogens is 513 g/mol. The molecule has 36 heavy (non-hydrogen) atoms. The van der Waals surface area contributed by atoms with Crippen molar-refractivity contribution in [3.8, 4) is 11.5 Å². The van der Waals surface area contributed by atoms with Gasteiger partial charge in [0.15, 0.2) is 0 Å². The molecular formula is C28H28Cl2N3O2S+. The maximum absolute atomic E-state index is 8.82. The Bertz CT molecular complexity index is 1330. The van der Waals surface area contributed by atoms with E-state index < -0.39 is 10.8 Å². The molecule has 0 fully saturated rings. The molecule has 0 saturated heterocycles. The van der Waals surface area contributed by atoms with Crippen LogP contribution in [0.3, 0.4) is 0 Å². The van der Waals surface area contributed by atoms with Gasteiger partial charge in [0, 0.05) is 22.9 Å². The van der Waals surface area contributed by atoms with Gasteiger partial charge < -0.3 is 14.6 Å². The van der Waals surface area contributed by atoms with Crippen molar-refractivity contribution < 1.29 is 9.29 Å². The molecule has 3 aromatic carbocycles. The SMILES string of the molecule is CCc1ncnc(NCC(/C=S(/[OH2+])c2ccc(C)cc2)c2ccc(Oc3ccc(Cl)cc3)cc2)c1Cl. The molecule has 0 aliphatic carbocycles. The van der Waals surface area contributed by atoms with E-state index >= 15 is 0 Å². The van der Waals surface area contributed by atoms with Crippen LogP contribution in [0.1, 0.15) is 29.7 Å². The Hall–Kier alpha value is -2.90. The van der Waals surface area contributed by atoms with E-state index in [-0.39, 0.29) is 5.92 Å². The number of aromatic nitrogens is 2. The lowest BCUT2D eigenvalue weighted by molar-refractivity contribution is 0.482. The van der Waals surface area contributed by atoms with E-state index in [4.69, 9.17) is 32.5 Å². The third-order valence-corrected chi connectivity index (χ3v) is 7.65. The summed E-state index contributed by atoms with van der Waals surface area (Å²) in [5.74, 6) is 1.98. The summed E-state index contributed by atoms with van der Waals surface area (Å²) in [6.45, 7) is 4.59. The first-order valence-electron chi connectivity index (χ1n) is 11.6. The van der Waals surface area contributed by atoms with Crippen LogP contribution in [-0.2, 0) is 6.42 Å². The minimum absolute atomic E-state index is 0.0622. The van der Waals surface area contributed by atoms with E-state index in [2.05, 4.69) is 20.7 Å². The molecule has 4 rings (SSSR count). The minimum atomic E-state index is -0.805. The largest absolute Gasteiger partial charge is 0.457 e. The lowest BCUT2D eigenvalue weighted by Gasteiger charge is -2.17. The summed E-state index contributed by atoms with van der Waals surface area (Å²) in [5.41, 5.74) is 3.04. The molecule has 4 aromatic rings. The molecule has 1 aromatic heterocycles. The summed E-state index contributed by atoms with van der Waals surface area (Å²) in [6.07, 6.45) is 2.25. The van der Waals surface area contributed by atoms with Gasteiger partial charge in [-0.2, -0.15) is 0 Å². The van der Waals surface area contributed by atoms with E-state index in [1.54, 1.807) is 12.1 Å². The Labute approximate surface area is 224 Å².